The molecule has 4 rings (SSSR count). The van der Waals surface area contributed by atoms with Crippen LogP contribution in [0.1, 0.15) is 24.0 Å². The lowest BCUT2D eigenvalue weighted by Gasteiger charge is -2.21. The van der Waals surface area contributed by atoms with Gasteiger partial charge in [0.2, 0.25) is 0 Å². The highest BCUT2D eigenvalue weighted by atomic mass is 15.0. The van der Waals surface area contributed by atoms with E-state index in [1.54, 1.807) is 6.33 Å². The minimum atomic E-state index is 0.338. The molecular formula is C18H18N4. The fourth-order valence-corrected chi connectivity index (χ4v) is 3.21. The standard InChI is InChI=1S/C18H18N4/c1-2-13-4-5-14(16-8-19-11-20-9-16)7-18(13)15(3-1)6-17-10-21-12-22-17/h4-9,11-12,17H,1-3,10H2,(H,21,22). The van der Waals surface area contributed by atoms with Crippen LogP contribution in [0.2, 0.25) is 0 Å². The van der Waals surface area contributed by atoms with E-state index in [0.717, 1.165) is 24.9 Å². The molecule has 2 heterocycles. The summed E-state index contributed by atoms with van der Waals surface area (Å²) in [5, 5.41) is 3.29. The van der Waals surface area contributed by atoms with E-state index < -0.39 is 0 Å². The van der Waals surface area contributed by atoms with Crippen LogP contribution in [0.3, 0.4) is 0 Å². The maximum atomic E-state index is 4.25. The summed E-state index contributed by atoms with van der Waals surface area (Å²) in [6, 6.07) is 7.06. The fraction of sp³-hybridized carbons (Fsp3) is 0.278. The topological polar surface area (TPSA) is 50.2 Å². The number of hydrogen-bond donors (Lipinski definition) is 1. The summed E-state index contributed by atoms with van der Waals surface area (Å²) in [6.07, 6.45) is 13.0. The first-order valence-electron chi connectivity index (χ1n) is 7.74. The zero-order valence-electron chi connectivity index (χ0n) is 12.4. The third-order valence-electron chi connectivity index (χ3n) is 4.33. The second-order valence-electron chi connectivity index (χ2n) is 5.81. The van der Waals surface area contributed by atoms with Crippen molar-refractivity contribution in [2.45, 2.75) is 25.3 Å². The summed E-state index contributed by atoms with van der Waals surface area (Å²) in [5.41, 5.74) is 6.50. The lowest BCUT2D eigenvalue weighted by molar-refractivity contribution is 0.781. The smallest absolute Gasteiger partial charge is 0.115 e. The van der Waals surface area contributed by atoms with Gasteiger partial charge in [0, 0.05) is 18.0 Å². The fourth-order valence-electron chi connectivity index (χ4n) is 3.21. The molecule has 0 fully saturated rings. The molecule has 22 heavy (non-hydrogen) atoms. The molecule has 0 radical (unpaired) electrons. The van der Waals surface area contributed by atoms with Crippen LogP contribution in [0, 0.1) is 0 Å². The van der Waals surface area contributed by atoms with Gasteiger partial charge in [-0.2, -0.15) is 0 Å². The van der Waals surface area contributed by atoms with Crippen molar-refractivity contribution in [3.8, 4) is 11.1 Å². The van der Waals surface area contributed by atoms with Gasteiger partial charge >= 0.3 is 0 Å². The molecule has 4 nitrogen and oxygen atoms in total. The Kier molecular flexibility index (Phi) is 3.43. The van der Waals surface area contributed by atoms with Gasteiger partial charge in [-0.1, -0.05) is 18.2 Å². The van der Waals surface area contributed by atoms with E-state index >= 15 is 0 Å². The molecule has 0 saturated heterocycles. The van der Waals surface area contributed by atoms with Crippen LogP contribution < -0.4 is 5.32 Å². The van der Waals surface area contributed by atoms with E-state index in [2.05, 4.69) is 44.6 Å². The lowest BCUT2D eigenvalue weighted by Crippen LogP contribution is -2.22. The average molecular weight is 290 g/mol. The number of nitrogens with one attached hydrogen (secondary N) is 1. The Hall–Kier alpha value is -2.49. The van der Waals surface area contributed by atoms with Crippen molar-refractivity contribution in [1.29, 1.82) is 0 Å². The normalized spacial score (nSPS) is 21.6. The molecule has 4 heteroatoms. The first kappa shape index (κ1) is 13.2. The number of fused-ring (bicyclic) bond motifs is 1. The van der Waals surface area contributed by atoms with Crippen molar-refractivity contribution in [3.05, 3.63) is 54.1 Å². The third-order valence-corrected chi connectivity index (χ3v) is 4.33. The van der Waals surface area contributed by atoms with Gasteiger partial charge in [-0.05, 0) is 47.6 Å². The Morgan fingerprint density at radius 2 is 2.00 bits per heavy atom. The Labute approximate surface area is 130 Å². The molecular weight excluding hydrogens is 272 g/mol. The molecule has 2 aliphatic rings. The second kappa shape index (κ2) is 5.72. The Bertz CT molecular complexity index is 726. The summed E-state index contributed by atoms with van der Waals surface area (Å²) in [5.74, 6) is 0. The maximum absolute atomic E-state index is 4.25. The van der Waals surface area contributed by atoms with E-state index in [0.29, 0.717) is 6.04 Å². The number of benzene rings is 1. The van der Waals surface area contributed by atoms with E-state index in [9.17, 15) is 0 Å². The predicted octanol–water partition coefficient (Wildman–Crippen LogP) is 2.86. The number of aliphatic imine (C=N–C) groups is 1. The largest absolute Gasteiger partial charge is 0.368 e. The number of hydrogen-bond acceptors (Lipinski definition) is 4. The number of aromatic nitrogens is 2. The SMILES string of the molecule is C1=NCC(C=C2CCCc3ccc(-c4cncnc4)cc32)N1. The van der Waals surface area contributed by atoms with Gasteiger partial charge in [0.25, 0.3) is 0 Å². The van der Waals surface area contributed by atoms with Crippen molar-refractivity contribution in [1.82, 2.24) is 15.3 Å². The summed E-state index contributed by atoms with van der Waals surface area (Å²) < 4.78 is 0. The monoisotopic (exact) mass is 290 g/mol. The molecule has 0 spiro atoms. The van der Waals surface area contributed by atoms with Crippen LogP contribution in [0.4, 0.5) is 0 Å². The van der Waals surface area contributed by atoms with Gasteiger partial charge in [0.1, 0.15) is 6.33 Å². The van der Waals surface area contributed by atoms with Crippen LogP contribution in [-0.4, -0.2) is 28.9 Å². The highest BCUT2D eigenvalue weighted by Crippen LogP contribution is 2.34. The van der Waals surface area contributed by atoms with E-state index in [4.69, 9.17) is 0 Å². The number of aryl methyl sites for hydroxylation is 1. The van der Waals surface area contributed by atoms with Gasteiger partial charge in [0.05, 0.1) is 18.9 Å². The molecule has 1 atom stereocenters. The molecule has 1 aromatic carbocycles. The van der Waals surface area contributed by atoms with Gasteiger partial charge in [-0.3, -0.25) is 4.99 Å². The zero-order chi connectivity index (χ0) is 14.8. The van der Waals surface area contributed by atoms with Crippen molar-refractivity contribution >= 4 is 11.9 Å². The Morgan fingerprint density at radius 1 is 1.09 bits per heavy atom. The number of allylic oxidation sites excluding steroid dienone is 1. The maximum Gasteiger partial charge on any atom is 0.115 e. The van der Waals surface area contributed by atoms with Crippen LogP contribution in [0.5, 0.6) is 0 Å². The Balaban J connectivity index is 1.73. The molecule has 1 aromatic heterocycles. The molecule has 0 saturated carbocycles. The van der Waals surface area contributed by atoms with E-state index in [1.807, 2.05) is 18.7 Å². The minimum Gasteiger partial charge on any atom is -0.368 e. The van der Waals surface area contributed by atoms with Crippen LogP contribution >= 0.6 is 0 Å². The van der Waals surface area contributed by atoms with E-state index in [-0.39, 0.29) is 0 Å². The molecule has 0 bridgehead atoms. The first-order chi connectivity index (χ1) is 10.9. The highest BCUT2D eigenvalue weighted by molar-refractivity contribution is 5.76. The van der Waals surface area contributed by atoms with Crippen molar-refractivity contribution < 1.29 is 0 Å². The van der Waals surface area contributed by atoms with Gasteiger partial charge < -0.3 is 5.32 Å². The first-order valence-corrected chi connectivity index (χ1v) is 7.74. The van der Waals surface area contributed by atoms with Crippen LogP contribution in [0.25, 0.3) is 16.7 Å². The van der Waals surface area contributed by atoms with Crippen LogP contribution in [-0.2, 0) is 6.42 Å². The molecule has 1 aliphatic heterocycles. The summed E-state index contributed by atoms with van der Waals surface area (Å²) in [4.78, 5) is 12.5. The number of rotatable bonds is 2. The summed E-state index contributed by atoms with van der Waals surface area (Å²) in [7, 11) is 0. The molecule has 110 valence electrons. The predicted molar refractivity (Wildman–Crippen MR) is 88.7 cm³/mol. The van der Waals surface area contributed by atoms with E-state index in [1.165, 1.54) is 28.7 Å². The van der Waals surface area contributed by atoms with Crippen molar-refractivity contribution in [3.63, 3.8) is 0 Å². The lowest BCUT2D eigenvalue weighted by atomic mass is 9.85. The number of nitrogens with zero attached hydrogens (tertiary/aromatic N) is 3. The average Bonchev–Trinajstić information content (AvgIpc) is 3.09. The Morgan fingerprint density at radius 3 is 2.82 bits per heavy atom. The van der Waals surface area contributed by atoms with Gasteiger partial charge in [-0.15, -0.1) is 0 Å². The molecule has 1 N–H and O–H groups in total. The molecule has 1 unspecified atom stereocenters. The quantitative estimate of drug-likeness (QED) is 0.925. The van der Waals surface area contributed by atoms with Crippen molar-refractivity contribution in [2.24, 2.45) is 4.99 Å². The summed E-state index contributed by atoms with van der Waals surface area (Å²) in [6.45, 7) is 0.838. The highest BCUT2D eigenvalue weighted by Gasteiger charge is 2.17. The second-order valence-corrected chi connectivity index (χ2v) is 5.81. The third kappa shape index (κ3) is 2.52. The molecule has 1 aliphatic carbocycles. The van der Waals surface area contributed by atoms with Crippen molar-refractivity contribution in [2.75, 3.05) is 6.54 Å². The minimum absolute atomic E-state index is 0.338. The summed E-state index contributed by atoms with van der Waals surface area (Å²) >= 11 is 0. The van der Waals surface area contributed by atoms with Gasteiger partial charge in [-0.25, -0.2) is 9.97 Å². The molecule has 0 amide bonds. The van der Waals surface area contributed by atoms with Crippen LogP contribution in [0.15, 0.2) is 48.0 Å². The molecule has 2 aromatic rings. The zero-order valence-corrected chi connectivity index (χ0v) is 12.4. The van der Waals surface area contributed by atoms with Gasteiger partial charge in [0.15, 0.2) is 0 Å².